The average molecular weight is 590 g/mol. The van der Waals surface area contributed by atoms with Crippen LogP contribution in [0.15, 0.2) is 30.3 Å². The van der Waals surface area contributed by atoms with Crippen LogP contribution in [-0.2, 0) is 23.7 Å². The molecule has 1 spiro atoms. The smallest absolute Gasteiger partial charge is 0.338 e. The highest BCUT2D eigenvalue weighted by Crippen LogP contribution is 2.80. The molecule has 1 aromatic rings. The molecule has 7 rings (SSSR count). The number of nitrogens with zero attached hydrogens (tertiary/aromatic N) is 1. The number of methoxy groups -OCH3 is 4. The molecule has 1 aromatic carbocycles. The van der Waals surface area contributed by atoms with Crippen molar-refractivity contribution in [2.45, 2.75) is 66.7 Å². The summed E-state index contributed by atoms with van der Waals surface area (Å²) < 4.78 is 30.3. The highest BCUT2D eigenvalue weighted by atomic mass is 16.6. The zero-order valence-electron chi connectivity index (χ0n) is 24.8. The highest BCUT2D eigenvalue weighted by molar-refractivity contribution is 5.89. The fraction of sp³-hybridized carbons (Fsp3) is 0.774. The summed E-state index contributed by atoms with van der Waals surface area (Å²) in [6.07, 6.45) is -5.28. The standard InChI is InChI=1S/C31H43NO10/c1-32-13-28(14-38-2)17(33)11-18(39-3)30-16-12-29(36)25(42-27(35)15-9-7-6-8-10-15)19(16)31(37,24(34)26(29)41-5)20(23(30)32)21(40-4)22(28)30/h6-10,16-26,33-34,36-37H,11-14H2,1-5H3/t16-,17-,18?,19-,20+,21+,22-,23?,24+,25-,26+,28+,29+,30+,31-/m1/s1. The van der Waals surface area contributed by atoms with Crippen LogP contribution in [0.4, 0.5) is 0 Å². The van der Waals surface area contributed by atoms with Gasteiger partial charge in [0.2, 0.25) is 0 Å². The van der Waals surface area contributed by atoms with Gasteiger partial charge in [-0.3, -0.25) is 0 Å². The van der Waals surface area contributed by atoms with Crippen molar-refractivity contribution in [1.29, 1.82) is 0 Å². The number of ether oxygens (including phenoxy) is 5. The van der Waals surface area contributed by atoms with Crippen molar-refractivity contribution in [3.8, 4) is 0 Å². The number of likely N-dealkylation sites (tertiary alicyclic amines) is 1. The Morgan fingerprint density at radius 3 is 2.33 bits per heavy atom. The predicted molar refractivity (Wildman–Crippen MR) is 146 cm³/mol. The van der Waals surface area contributed by atoms with Gasteiger partial charge in [-0.15, -0.1) is 0 Å². The van der Waals surface area contributed by atoms with Crippen LogP contribution in [0.5, 0.6) is 0 Å². The van der Waals surface area contributed by atoms with Crippen LogP contribution in [0.25, 0.3) is 0 Å². The summed E-state index contributed by atoms with van der Waals surface area (Å²) in [4.78, 5) is 15.7. The maximum absolute atomic E-state index is 13.5. The van der Waals surface area contributed by atoms with Crippen LogP contribution in [0.1, 0.15) is 23.2 Å². The van der Waals surface area contributed by atoms with Crippen molar-refractivity contribution in [1.82, 2.24) is 4.90 Å². The normalized spacial score (nSPS) is 53.7. The van der Waals surface area contributed by atoms with Gasteiger partial charge in [-0.05, 0) is 31.5 Å². The molecular weight excluding hydrogens is 546 g/mol. The zero-order chi connectivity index (χ0) is 30.0. The Morgan fingerprint density at radius 1 is 1.00 bits per heavy atom. The molecule has 0 amide bonds. The summed E-state index contributed by atoms with van der Waals surface area (Å²) in [7, 11) is 8.22. The van der Waals surface area contributed by atoms with Gasteiger partial charge in [0.05, 0.1) is 30.5 Å². The summed E-state index contributed by atoms with van der Waals surface area (Å²) in [5, 5.41) is 49.4. The molecule has 232 valence electrons. The number of aliphatic hydroxyl groups is 4. The number of hydrogen-bond acceptors (Lipinski definition) is 11. The monoisotopic (exact) mass is 589 g/mol. The summed E-state index contributed by atoms with van der Waals surface area (Å²) >= 11 is 0. The molecule has 5 aliphatic carbocycles. The molecule has 1 aliphatic heterocycles. The Kier molecular flexibility index (Phi) is 6.52. The third kappa shape index (κ3) is 3.05. The van der Waals surface area contributed by atoms with E-state index < -0.39 is 82.4 Å². The van der Waals surface area contributed by atoms with Crippen molar-refractivity contribution in [2.75, 3.05) is 48.6 Å². The van der Waals surface area contributed by atoms with Gasteiger partial charge in [0, 0.05) is 76.0 Å². The van der Waals surface area contributed by atoms with Gasteiger partial charge in [0.25, 0.3) is 0 Å². The minimum Gasteiger partial charge on any atom is -0.455 e. The molecule has 6 aliphatic rings. The zero-order valence-corrected chi connectivity index (χ0v) is 24.8. The van der Waals surface area contributed by atoms with Crippen molar-refractivity contribution in [2.24, 2.45) is 34.5 Å². The SMILES string of the molecule is COC[C@]12CN(C)C3[C@@H]4[C@H](OC)[C@H]1[C@@]3(C(OC)C[C@H]2O)[C@@H]1C[C@]2(O)[C@H](OC(=O)c3ccccc3)[C@@H]1[C@]4(O)[C@@H](O)[C@@H]2OC. The molecule has 11 heteroatoms. The third-order valence-corrected chi connectivity index (χ3v) is 12.6. The van der Waals surface area contributed by atoms with Gasteiger partial charge in [-0.1, -0.05) is 18.2 Å². The molecular formula is C31H43NO10. The van der Waals surface area contributed by atoms with E-state index in [4.69, 9.17) is 23.7 Å². The Morgan fingerprint density at radius 2 is 1.71 bits per heavy atom. The number of rotatable bonds is 7. The van der Waals surface area contributed by atoms with Crippen molar-refractivity contribution in [3.05, 3.63) is 35.9 Å². The lowest BCUT2D eigenvalue weighted by Crippen LogP contribution is -2.80. The lowest BCUT2D eigenvalue weighted by Gasteiger charge is -2.69. The average Bonchev–Trinajstić information content (AvgIpc) is 3.37. The van der Waals surface area contributed by atoms with Crippen LogP contribution in [0.3, 0.4) is 0 Å². The van der Waals surface area contributed by atoms with E-state index in [2.05, 4.69) is 4.90 Å². The van der Waals surface area contributed by atoms with E-state index in [0.717, 1.165) is 0 Å². The topological polar surface area (TPSA) is 147 Å². The molecule has 42 heavy (non-hydrogen) atoms. The molecule has 0 aromatic heterocycles. The first-order valence-corrected chi connectivity index (χ1v) is 14.9. The number of carbonyl (C=O) groups excluding carboxylic acids is 1. The fourth-order valence-electron chi connectivity index (χ4n) is 11.8. The predicted octanol–water partition coefficient (Wildman–Crippen LogP) is -0.313. The molecule has 11 nitrogen and oxygen atoms in total. The maximum Gasteiger partial charge on any atom is 0.338 e. The Balaban J connectivity index is 1.47. The summed E-state index contributed by atoms with van der Waals surface area (Å²) in [5.74, 6) is -2.96. The molecule has 2 unspecified atom stereocenters. The van der Waals surface area contributed by atoms with E-state index in [9.17, 15) is 25.2 Å². The Labute approximate surface area is 245 Å². The summed E-state index contributed by atoms with van der Waals surface area (Å²) in [6.45, 7) is 0.760. The molecule has 4 N–H and O–H groups in total. The molecule has 15 atom stereocenters. The first kappa shape index (κ1) is 29.1. The van der Waals surface area contributed by atoms with E-state index in [1.165, 1.54) is 7.11 Å². The number of aliphatic hydroxyl groups excluding tert-OH is 2. The number of benzene rings is 1. The maximum atomic E-state index is 13.5. The number of esters is 1. The summed E-state index contributed by atoms with van der Waals surface area (Å²) in [6, 6.07) is 8.22. The van der Waals surface area contributed by atoms with Crippen LogP contribution >= 0.6 is 0 Å². The number of fused-ring (bicyclic) bond motifs is 2. The Bertz CT molecular complexity index is 1240. The Hall–Kier alpha value is -1.67. The van der Waals surface area contributed by atoms with Gasteiger partial charge in [-0.25, -0.2) is 4.79 Å². The minimum atomic E-state index is -1.86. The van der Waals surface area contributed by atoms with Crippen LogP contribution in [-0.4, -0.2) is 134 Å². The van der Waals surface area contributed by atoms with Gasteiger partial charge in [-0.2, -0.15) is 0 Å². The van der Waals surface area contributed by atoms with Crippen LogP contribution < -0.4 is 0 Å². The molecule has 5 saturated carbocycles. The van der Waals surface area contributed by atoms with Crippen LogP contribution in [0, 0.1) is 34.5 Å². The van der Waals surface area contributed by atoms with E-state index in [1.54, 1.807) is 51.7 Å². The molecule has 1 saturated heterocycles. The third-order valence-electron chi connectivity index (χ3n) is 12.6. The lowest BCUT2D eigenvalue weighted by molar-refractivity contribution is -0.318. The van der Waals surface area contributed by atoms with Gasteiger partial charge in [0.15, 0.2) is 0 Å². The molecule has 7 bridgehead atoms. The number of piperidine rings is 1. The van der Waals surface area contributed by atoms with E-state index in [-0.39, 0.29) is 25.0 Å². The van der Waals surface area contributed by atoms with Crippen molar-refractivity contribution < 1.29 is 48.9 Å². The lowest BCUT2D eigenvalue weighted by atomic mass is 9.42. The molecule has 1 heterocycles. The van der Waals surface area contributed by atoms with E-state index >= 15 is 0 Å². The largest absolute Gasteiger partial charge is 0.455 e. The number of hydrogen-bond donors (Lipinski definition) is 4. The molecule has 6 fully saturated rings. The van der Waals surface area contributed by atoms with Gasteiger partial charge in [0.1, 0.15) is 29.5 Å². The summed E-state index contributed by atoms with van der Waals surface area (Å²) in [5.41, 5.74) is -4.81. The first-order valence-electron chi connectivity index (χ1n) is 14.9. The number of carbonyl (C=O) groups is 1. The second kappa shape index (κ2) is 9.42. The van der Waals surface area contributed by atoms with Crippen molar-refractivity contribution in [3.63, 3.8) is 0 Å². The quantitative estimate of drug-likeness (QED) is 0.311. The fourth-order valence-corrected chi connectivity index (χ4v) is 11.8. The minimum absolute atomic E-state index is 0.102. The first-order chi connectivity index (χ1) is 20.0. The van der Waals surface area contributed by atoms with Crippen LogP contribution in [0.2, 0.25) is 0 Å². The highest BCUT2D eigenvalue weighted by Gasteiger charge is 2.91. The van der Waals surface area contributed by atoms with E-state index in [1.807, 2.05) is 7.05 Å². The molecule has 0 radical (unpaired) electrons. The van der Waals surface area contributed by atoms with Gasteiger partial charge < -0.3 is 49.0 Å². The second-order valence-electron chi connectivity index (χ2n) is 13.7. The second-order valence-corrected chi connectivity index (χ2v) is 13.7. The van der Waals surface area contributed by atoms with Gasteiger partial charge >= 0.3 is 5.97 Å². The van der Waals surface area contributed by atoms with Crippen molar-refractivity contribution >= 4 is 5.97 Å². The van der Waals surface area contributed by atoms with E-state index in [0.29, 0.717) is 18.5 Å².